The number of pyridine rings is 1. The molecular weight excluding hydrogens is 248 g/mol. The molecule has 0 saturated carbocycles. The van der Waals surface area contributed by atoms with Gasteiger partial charge in [-0.25, -0.2) is 0 Å². The van der Waals surface area contributed by atoms with Gasteiger partial charge in [-0.1, -0.05) is 44.4 Å². The fraction of sp³-hybridized carbons (Fsp3) is 0.412. The summed E-state index contributed by atoms with van der Waals surface area (Å²) >= 11 is 0. The van der Waals surface area contributed by atoms with Gasteiger partial charge in [-0.05, 0) is 25.1 Å². The van der Waals surface area contributed by atoms with E-state index in [0.717, 1.165) is 23.9 Å². The van der Waals surface area contributed by atoms with Crippen molar-refractivity contribution in [3.63, 3.8) is 0 Å². The molecule has 1 aromatic carbocycles. The first-order chi connectivity index (χ1) is 9.81. The lowest BCUT2D eigenvalue weighted by atomic mass is 10.1. The molecule has 1 aromatic heterocycles. The molecule has 20 heavy (non-hydrogen) atoms. The summed E-state index contributed by atoms with van der Waals surface area (Å²) in [5.41, 5.74) is 1.61. The van der Waals surface area contributed by atoms with Crippen LogP contribution in [0.5, 0.6) is 0 Å². The third-order valence-electron chi connectivity index (χ3n) is 3.41. The molecule has 3 nitrogen and oxygen atoms in total. The number of fused-ring (bicyclic) bond motifs is 1. The van der Waals surface area contributed by atoms with Crippen LogP contribution in [0.25, 0.3) is 10.9 Å². The van der Waals surface area contributed by atoms with Crippen molar-refractivity contribution < 1.29 is 4.79 Å². The summed E-state index contributed by atoms with van der Waals surface area (Å²) in [7, 11) is 0. The van der Waals surface area contributed by atoms with Crippen LogP contribution in [0.2, 0.25) is 0 Å². The number of carbonyl (C=O) groups is 1. The van der Waals surface area contributed by atoms with E-state index >= 15 is 0 Å². The highest BCUT2D eigenvalue weighted by Crippen LogP contribution is 2.12. The number of Topliss-reactive ketones (excluding diaryl/α,β-unsaturated/α-hetero) is 1. The lowest BCUT2D eigenvalue weighted by Crippen LogP contribution is -2.24. The van der Waals surface area contributed by atoms with E-state index in [-0.39, 0.29) is 5.78 Å². The quantitative estimate of drug-likeness (QED) is 0.589. The van der Waals surface area contributed by atoms with Crippen molar-refractivity contribution >= 4 is 16.7 Å². The molecular formula is C17H22N2O. The number of nitrogens with one attached hydrogen (secondary N) is 1. The van der Waals surface area contributed by atoms with Gasteiger partial charge in [0.15, 0.2) is 5.78 Å². The van der Waals surface area contributed by atoms with Gasteiger partial charge in [-0.15, -0.1) is 0 Å². The fourth-order valence-corrected chi connectivity index (χ4v) is 2.20. The minimum absolute atomic E-state index is 0.110. The lowest BCUT2D eigenvalue weighted by molar-refractivity contribution is 0.0991. The van der Waals surface area contributed by atoms with Crippen LogP contribution in [0.1, 0.15) is 43.0 Å². The van der Waals surface area contributed by atoms with E-state index in [1.807, 2.05) is 30.3 Å². The van der Waals surface area contributed by atoms with E-state index in [2.05, 4.69) is 17.2 Å². The maximum Gasteiger partial charge on any atom is 0.178 e. The Morgan fingerprint density at radius 2 is 2.05 bits per heavy atom. The molecule has 1 N–H and O–H groups in total. The molecule has 3 heteroatoms. The number of hydrogen-bond acceptors (Lipinski definition) is 3. The number of rotatable bonds is 8. The average molecular weight is 270 g/mol. The first-order valence-corrected chi connectivity index (χ1v) is 7.40. The Bertz CT molecular complexity index is 566. The molecule has 0 fully saturated rings. The summed E-state index contributed by atoms with van der Waals surface area (Å²) < 4.78 is 0. The number of aromatic nitrogens is 1. The molecule has 0 aliphatic carbocycles. The maximum atomic E-state index is 12.1. The largest absolute Gasteiger partial charge is 0.310 e. The minimum atomic E-state index is 0.110. The SMILES string of the molecule is CCCCCCNCC(=O)c1cnc2ccccc2c1. The highest BCUT2D eigenvalue weighted by Gasteiger charge is 2.06. The second-order valence-electron chi connectivity index (χ2n) is 5.08. The van der Waals surface area contributed by atoms with Crippen LogP contribution in [0.15, 0.2) is 36.5 Å². The second-order valence-corrected chi connectivity index (χ2v) is 5.08. The van der Waals surface area contributed by atoms with E-state index in [4.69, 9.17) is 0 Å². The Morgan fingerprint density at radius 1 is 1.20 bits per heavy atom. The van der Waals surface area contributed by atoms with Crippen LogP contribution >= 0.6 is 0 Å². The van der Waals surface area contributed by atoms with E-state index in [9.17, 15) is 4.79 Å². The Balaban J connectivity index is 1.84. The van der Waals surface area contributed by atoms with Crippen LogP contribution < -0.4 is 5.32 Å². The number of nitrogens with zero attached hydrogens (tertiary/aromatic N) is 1. The van der Waals surface area contributed by atoms with Crippen molar-refractivity contribution in [2.75, 3.05) is 13.1 Å². The molecule has 1 heterocycles. The normalized spacial score (nSPS) is 10.8. The average Bonchev–Trinajstić information content (AvgIpc) is 2.50. The number of hydrogen-bond donors (Lipinski definition) is 1. The standard InChI is InChI=1S/C17H22N2O/c1-2-3-4-7-10-18-13-17(20)15-11-14-8-5-6-9-16(14)19-12-15/h5-6,8-9,11-12,18H,2-4,7,10,13H2,1H3. The number of benzene rings is 1. The Hall–Kier alpha value is -1.74. The molecule has 0 aliphatic rings. The summed E-state index contributed by atoms with van der Waals surface area (Å²) in [5.74, 6) is 0.110. The van der Waals surface area contributed by atoms with Crippen LogP contribution in [0, 0.1) is 0 Å². The highest BCUT2D eigenvalue weighted by atomic mass is 16.1. The number of ketones is 1. The molecule has 0 aliphatic heterocycles. The smallest absolute Gasteiger partial charge is 0.178 e. The molecule has 0 amide bonds. The monoisotopic (exact) mass is 270 g/mol. The van der Waals surface area contributed by atoms with Crippen LogP contribution in [0.4, 0.5) is 0 Å². The highest BCUT2D eigenvalue weighted by molar-refractivity contribution is 6.00. The van der Waals surface area contributed by atoms with Gasteiger partial charge in [0.2, 0.25) is 0 Å². The van der Waals surface area contributed by atoms with E-state index in [1.165, 1.54) is 19.3 Å². The molecule has 0 saturated heterocycles. The lowest BCUT2D eigenvalue weighted by Gasteiger charge is -2.05. The molecule has 0 radical (unpaired) electrons. The van der Waals surface area contributed by atoms with Gasteiger partial charge in [0.25, 0.3) is 0 Å². The van der Waals surface area contributed by atoms with Crippen LogP contribution in [0.3, 0.4) is 0 Å². The second kappa shape index (κ2) is 7.75. The predicted molar refractivity (Wildman–Crippen MR) is 83.1 cm³/mol. The van der Waals surface area contributed by atoms with E-state index in [0.29, 0.717) is 12.1 Å². The summed E-state index contributed by atoms with van der Waals surface area (Å²) in [6, 6.07) is 9.77. The Labute approximate surface area is 120 Å². The van der Waals surface area contributed by atoms with Gasteiger partial charge in [-0.3, -0.25) is 9.78 Å². The summed E-state index contributed by atoms with van der Waals surface area (Å²) in [5, 5.41) is 4.23. The van der Waals surface area contributed by atoms with Crippen LogP contribution in [-0.4, -0.2) is 23.9 Å². The minimum Gasteiger partial charge on any atom is -0.310 e. The summed E-state index contributed by atoms with van der Waals surface area (Å²) in [6.07, 6.45) is 6.54. The fourth-order valence-electron chi connectivity index (χ4n) is 2.20. The van der Waals surface area contributed by atoms with Crippen LogP contribution in [-0.2, 0) is 0 Å². The summed E-state index contributed by atoms with van der Waals surface area (Å²) in [6.45, 7) is 3.50. The van der Waals surface area contributed by atoms with Gasteiger partial charge < -0.3 is 5.32 Å². The van der Waals surface area contributed by atoms with Crippen molar-refractivity contribution in [1.82, 2.24) is 10.3 Å². The van der Waals surface area contributed by atoms with E-state index < -0.39 is 0 Å². The Morgan fingerprint density at radius 3 is 2.90 bits per heavy atom. The zero-order chi connectivity index (χ0) is 14.2. The third kappa shape index (κ3) is 4.14. The Kier molecular flexibility index (Phi) is 5.69. The van der Waals surface area contributed by atoms with Crippen molar-refractivity contribution in [2.45, 2.75) is 32.6 Å². The molecule has 0 atom stereocenters. The van der Waals surface area contributed by atoms with E-state index in [1.54, 1.807) is 6.20 Å². The van der Waals surface area contributed by atoms with Crippen molar-refractivity contribution in [1.29, 1.82) is 0 Å². The van der Waals surface area contributed by atoms with Crippen molar-refractivity contribution in [2.24, 2.45) is 0 Å². The van der Waals surface area contributed by atoms with Crippen molar-refractivity contribution in [3.8, 4) is 0 Å². The van der Waals surface area contributed by atoms with Gasteiger partial charge in [0.05, 0.1) is 12.1 Å². The van der Waals surface area contributed by atoms with Gasteiger partial charge >= 0.3 is 0 Å². The van der Waals surface area contributed by atoms with Gasteiger partial charge in [0, 0.05) is 17.1 Å². The molecule has 106 valence electrons. The number of para-hydroxylation sites is 1. The first-order valence-electron chi connectivity index (χ1n) is 7.40. The molecule has 2 aromatic rings. The molecule has 0 spiro atoms. The zero-order valence-corrected chi connectivity index (χ0v) is 12.1. The number of unbranched alkanes of at least 4 members (excludes halogenated alkanes) is 3. The number of carbonyl (C=O) groups excluding carboxylic acids is 1. The molecule has 2 rings (SSSR count). The zero-order valence-electron chi connectivity index (χ0n) is 12.1. The van der Waals surface area contributed by atoms with Gasteiger partial charge in [0.1, 0.15) is 0 Å². The third-order valence-corrected chi connectivity index (χ3v) is 3.41. The maximum absolute atomic E-state index is 12.1. The van der Waals surface area contributed by atoms with Gasteiger partial charge in [-0.2, -0.15) is 0 Å². The first kappa shape index (κ1) is 14.7. The summed E-state index contributed by atoms with van der Waals surface area (Å²) in [4.78, 5) is 16.4. The topological polar surface area (TPSA) is 42.0 Å². The molecule has 0 unspecified atom stereocenters. The predicted octanol–water partition coefficient (Wildman–Crippen LogP) is 3.59. The van der Waals surface area contributed by atoms with Crippen molar-refractivity contribution in [3.05, 3.63) is 42.1 Å². The molecule has 0 bridgehead atoms.